The minimum Gasteiger partial charge on any atom is -0.323 e. The zero-order chi connectivity index (χ0) is 19.7. The Morgan fingerprint density at radius 2 is 1.57 bits per heavy atom. The summed E-state index contributed by atoms with van der Waals surface area (Å²) in [5.74, 6) is 0.932. The SMILES string of the molecule is Cc1ccc(N2C[C@H](C(C)(C)C)N=C2c2cccc(-c3ccccn3)n2)cc1. The topological polar surface area (TPSA) is 41.4 Å². The molecule has 1 aromatic carbocycles. The number of hydrogen-bond donors (Lipinski definition) is 0. The highest BCUT2D eigenvalue weighted by atomic mass is 15.3. The fourth-order valence-corrected chi connectivity index (χ4v) is 3.36. The van der Waals surface area contributed by atoms with Crippen molar-refractivity contribution >= 4 is 11.5 Å². The Bertz CT molecular complexity index is 985. The van der Waals surface area contributed by atoms with Crippen LogP contribution in [-0.2, 0) is 0 Å². The second-order valence-corrected chi connectivity index (χ2v) is 8.40. The molecule has 1 aliphatic heterocycles. The molecule has 28 heavy (non-hydrogen) atoms. The van der Waals surface area contributed by atoms with Gasteiger partial charge in [-0.2, -0.15) is 0 Å². The summed E-state index contributed by atoms with van der Waals surface area (Å²) in [6.45, 7) is 9.70. The molecule has 0 saturated carbocycles. The lowest BCUT2D eigenvalue weighted by Gasteiger charge is -2.26. The van der Waals surface area contributed by atoms with Crippen LogP contribution in [0.15, 0.2) is 71.9 Å². The van der Waals surface area contributed by atoms with Crippen LogP contribution in [0.1, 0.15) is 32.0 Å². The molecule has 0 spiro atoms. The first-order valence-electron chi connectivity index (χ1n) is 9.73. The van der Waals surface area contributed by atoms with Crippen molar-refractivity contribution in [2.45, 2.75) is 33.7 Å². The Hall–Kier alpha value is -3.01. The Morgan fingerprint density at radius 1 is 0.857 bits per heavy atom. The number of amidine groups is 1. The van der Waals surface area contributed by atoms with Crippen LogP contribution in [0, 0.1) is 12.3 Å². The lowest BCUT2D eigenvalue weighted by atomic mass is 9.87. The summed E-state index contributed by atoms with van der Waals surface area (Å²) < 4.78 is 0. The number of anilines is 1. The first-order chi connectivity index (χ1) is 13.4. The molecule has 4 heteroatoms. The van der Waals surface area contributed by atoms with Crippen molar-refractivity contribution in [3.63, 3.8) is 0 Å². The zero-order valence-electron chi connectivity index (χ0n) is 16.9. The van der Waals surface area contributed by atoms with Gasteiger partial charge in [0.05, 0.1) is 17.4 Å². The van der Waals surface area contributed by atoms with Crippen LogP contribution < -0.4 is 4.90 Å². The minimum atomic E-state index is 0.0866. The first kappa shape index (κ1) is 18.4. The number of hydrogen-bond acceptors (Lipinski definition) is 4. The van der Waals surface area contributed by atoms with E-state index in [0.717, 1.165) is 35.1 Å². The number of pyridine rings is 2. The van der Waals surface area contributed by atoms with E-state index in [1.54, 1.807) is 6.20 Å². The molecule has 1 aliphatic rings. The van der Waals surface area contributed by atoms with E-state index in [-0.39, 0.29) is 11.5 Å². The quantitative estimate of drug-likeness (QED) is 0.641. The van der Waals surface area contributed by atoms with E-state index in [1.165, 1.54) is 5.56 Å². The van der Waals surface area contributed by atoms with Crippen molar-refractivity contribution in [3.05, 3.63) is 78.1 Å². The van der Waals surface area contributed by atoms with Gasteiger partial charge in [-0.25, -0.2) is 4.98 Å². The molecule has 3 heterocycles. The maximum absolute atomic E-state index is 5.10. The van der Waals surface area contributed by atoms with Crippen molar-refractivity contribution in [2.75, 3.05) is 11.4 Å². The molecule has 4 nitrogen and oxygen atoms in total. The second-order valence-electron chi connectivity index (χ2n) is 8.40. The fourth-order valence-electron chi connectivity index (χ4n) is 3.36. The number of nitrogens with zero attached hydrogens (tertiary/aromatic N) is 4. The molecule has 0 bridgehead atoms. The average Bonchev–Trinajstić information content (AvgIpc) is 3.15. The van der Waals surface area contributed by atoms with Crippen LogP contribution >= 0.6 is 0 Å². The second kappa shape index (κ2) is 7.19. The van der Waals surface area contributed by atoms with E-state index in [1.807, 2.05) is 36.4 Å². The van der Waals surface area contributed by atoms with Gasteiger partial charge in [0.25, 0.3) is 0 Å². The first-order valence-corrected chi connectivity index (χ1v) is 9.73. The predicted molar refractivity (Wildman–Crippen MR) is 116 cm³/mol. The lowest BCUT2D eigenvalue weighted by Crippen LogP contribution is -2.34. The monoisotopic (exact) mass is 370 g/mol. The van der Waals surface area contributed by atoms with Crippen molar-refractivity contribution in [1.29, 1.82) is 0 Å². The molecular formula is C24H26N4. The third kappa shape index (κ3) is 3.68. The molecule has 0 unspecified atom stereocenters. The van der Waals surface area contributed by atoms with Gasteiger partial charge in [0, 0.05) is 18.4 Å². The van der Waals surface area contributed by atoms with Crippen LogP contribution in [0.2, 0.25) is 0 Å². The van der Waals surface area contributed by atoms with Crippen LogP contribution in [0.3, 0.4) is 0 Å². The molecule has 0 N–H and O–H groups in total. The average molecular weight is 371 g/mol. The molecular weight excluding hydrogens is 344 g/mol. The summed E-state index contributed by atoms with van der Waals surface area (Å²) in [7, 11) is 0. The highest BCUT2D eigenvalue weighted by Gasteiger charge is 2.35. The van der Waals surface area contributed by atoms with E-state index in [0.29, 0.717) is 0 Å². The van der Waals surface area contributed by atoms with Crippen LogP contribution in [0.4, 0.5) is 5.69 Å². The van der Waals surface area contributed by atoms with Gasteiger partial charge < -0.3 is 4.90 Å². The smallest absolute Gasteiger partial charge is 0.154 e. The third-order valence-electron chi connectivity index (χ3n) is 5.14. The summed E-state index contributed by atoms with van der Waals surface area (Å²) in [5, 5.41) is 0. The van der Waals surface area contributed by atoms with E-state index >= 15 is 0 Å². The van der Waals surface area contributed by atoms with Gasteiger partial charge in [0.15, 0.2) is 5.84 Å². The number of aliphatic imine (C=N–C) groups is 1. The van der Waals surface area contributed by atoms with Gasteiger partial charge in [0.1, 0.15) is 5.69 Å². The maximum Gasteiger partial charge on any atom is 0.154 e. The third-order valence-corrected chi connectivity index (χ3v) is 5.14. The highest BCUT2D eigenvalue weighted by Crippen LogP contribution is 2.32. The Kier molecular flexibility index (Phi) is 4.71. The Balaban J connectivity index is 1.77. The van der Waals surface area contributed by atoms with Crippen LogP contribution in [-0.4, -0.2) is 28.4 Å². The summed E-state index contributed by atoms with van der Waals surface area (Å²) in [4.78, 5) is 16.7. The minimum absolute atomic E-state index is 0.0866. The fraction of sp³-hybridized carbons (Fsp3) is 0.292. The Morgan fingerprint density at radius 3 is 2.25 bits per heavy atom. The summed E-state index contributed by atoms with van der Waals surface area (Å²) in [5.41, 5.74) is 5.12. The molecule has 142 valence electrons. The molecule has 0 amide bonds. The van der Waals surface area contributed by atoms with Gasteiger partial charge >= 0.3 is 0 Å². The van der Waals surface area contributed by atoms with Gasteiger partial charge in [-0.3, -0.25) is 9.98 Å². The van der Waals surface area contributed by atoms with Gasteiger partial charge in [-0.05, 0) is 48.7 Å². The number of aromatic nitrogens is 2. The van der Waals surface area contributed by atoms with Crippen molar-refractivity contribution in [1.82, 2.24) is 9.97 Å². The van der Waals surface area contributed by atoms with Crippen molar-refractivity contribution in [3.8, 4) is 11.4 Å². The van der Waals surface area contributed by atoms with E-state index < -0.39 is 0 Å². The molecule has 4 rings (SSSR count). The largest absolute Gasteiger partial charge is 0.323 e. The van der Waals surface area contributed by atoms with Crippen LogP contribution in [0.25, 0.3) is 11.4 Å². The lowest BCUT2D eigenvalue weighted by molar-refractivity contribution is 0.337. The summed E-state index contributed by atoms with van der Waals surface area (Å²) >= 11 is 0. The Labute approximate surface area is 167 Å². The molecule has 0 aliphatic carbocycles. The predicted octanol–water partition coefficient (Wildman–Crippen LogP) is 5.13. The number of rotatable bonds is 3. The molecule has 0 fully saturated rings. The van der Waals surface area contributed by atoms with Gasteiger partial charge in [0.2, 0.25) is 0 Å². The summed E-state index contributed by atoms with van der Waals surface area (Å²) in [6, 6.07) is 20.8. The maximum atomic E-state index is 5.10. The van der Waals surface area contributed by atoms with Gasteiger partial charge in [-0.1, -0.05) is 50.6 Å². The highest BCUT2D eigenvalue weighted by molar-refractivity contribution is 6.10. The normalized spacial score (nSPS) is 16.9. The van der Waals surface area contributed by atoms with Crippen LogP contribution in [0.5, 0.6) is 0 Å². The number of aryl methyl sites for hydroxylation is 1. The van der Waals surface area contributed by atoms with Gasteiger partial charge in [-0.15, -0.1) is 0 Å². The standard InChI is InChI=1S/C24H26N4/c1-17-11-13-18(14-12-17)28-16-22(24(2,3)4)27-23(28)21-10-7-9-20(26-21)19-8-5-6-15-25-19/h5-15,22H,16H2,1-4H3/t22-/m1/s1. The molecule has 2 aromatic heterocycles. The summed E-state index contributed by atoms with van der Waals surface area (Å²) in [6.07, 6.45) is 1.80. The molecule has 0 radical (unpaired) electrons. The molecule has 0 saturated heterocycles. The van der Waals surface area contributed by atoms with E-state index in [4.69, 9.17) is 9.98 Å². The number of benzene rings is 1. The van der Waals surface area contributed by atoms with E-state index in [9.17, 15) is 0 Å². The zero-order valence-corrected chi connectivity index (χ0v) is 16.9. The van der Waals surface area contributed by atoms with Crippen molar-refractivity contribution in [2.24, 2.45) is 10.4 Å². The molecule has 1 atom stereocenters. The van der Waals surface area contributed by atoms with E-state index in [2.05, 4.69) is 61.8 Å². The van der Waals surface area contributed by atoms with Crippen molar-refractivity contribution < 1.29 is 0 Å². The molecule has 3 aromatic rings.